The Morgan fingerprint density at radius 1 is 1.16 bits per heavy atom. The average molecular weight is 516 g/mol. The minimum Gasteiger partial charge on any atom is -0.399 e. The van der Waals surface area contributed by atoms with Gasteiger partial charge in [0.25, 0.3) is 0 Å². The van der Waals surface area contributed by atoms with Crippen LogP contribution in [0.3, 0.4) is 0 Å². The molecule has 0 spiro atoms. The number of carbonyl (C=O) groups excluding carboxylic acids is 1. The van der Waals surface area contributed by atoms with Crippen molar-refractivity contribution >= 4 is 17.5 Å². The van der Waals surface area contributed by atoms with E-state index in [0.717, 1.165) is 17.7 Å². The second-order valence-electron chi connectivity index (χ2n) is 11.3. The molecule has 1 aliphatic rings. The highest BCUT2D eigenvalue weighted by Gasteiger charge is 2.26. The summed E-state index contributed by atoms with van der Waals surface area (Å²) in [6, 6.07) is 8.25. The largest absolute Gasteiger partial charge is 0.399 e. The van der Waals surface area contributed by atoms with E-state index in [9.17, 15) is 4.79 Å². The molecule has 0 saturated heterocycles. The predicted molar refractivity (Wildman–Crippen MR) is 167 cm³/mol. The minimum atomic E-state index is -0.102. The lowest BCUT2D eigenvalue weighted by Gasteiger charge is -2.33. The summed E-state index contributed by atoms with van der Waals surface area (Å²) in [6.07, 6.45) is 10.9. The average Bonchev–Trinajstić information content (AvgIpc) is 2.88. The van der Waals surface area contributed by atoms with Gasteiger partial charge in [-0.15, -0.1) is 0 Å². The zero-order valence-corrected chi connectivity index (χ0v) is 26.1. The van der Waals surface area contributed by atoms with Crippen molar-refractivity contribution in [3.05, 3.63) is 47.7 Å². The van der Waals surface area contributed by atoms with Crippen molar-refractivity contribution in [3.63, 3.8) is 0 Å². The Balaban J connectivity index is 0. The van der Waals surface area contributed by atoms with Gasteiger partial charge in [-0.05, 0) is 72.6 Å². The molecular formula is C33H61N3O. The van der Waals surface area contributed by atoms with E-state index in [-0.39, 0.29) is 6.04 Å². The summed E-state index contributed by atoms with van der Waals surface area (Å²) in [5.74, 6) is 0. The van der Waals surface area contributed by atoms with E-state index in [2.05, 4.69) is 72.5 Å². The fourth-order valence-electron chi connectivity index (χ4n) is 4.24. The lowest BCUT2D eigenvalue weighted by molar-refractivity contribution is -0.107. The number of aldehydes is 1. The SMILES string of the molecule is C=C(NC)C(N)CCC=O.CC.CCC1=C(c2ccc(N)cc2)CCC(C)(C)C1.CCCC(C)(C)CC. The molecule has 0 saturated carbocycles. The second kappa shape index (κ2) is 20.0. The molecule has 0 aliphatic heterocycles. The fourth-order valence-corrected chi connectivity index (χ4v) is 4.24. The number of carbonyl (C=O) groups is 1. The van der Waals surface area contributed by atoms with Crippen molar-refractivity contribution in [3.8, 4) is 0 Å². The molecule has 2 rings (SSSR count). The van der Waals surface area contributed by atoms with E-state index >= 15 is 0 Å². The summed E-state index contributed by atoms with van der Waals surface area (Å²) in [7, 11) is 1.77. The predicted octanol–water partition coefficient (Wildman–Crippen LogP) is 8.92. The third-order valence-corrected chi connectivity index (χ3v) is 7.10. The van der Waals surface area contributed by atoms with Gasteiger partial charge in [0.15, 0.2) is 0 Å². The van der Waals surface area contributed by atoms with Gasteiger partial charge in [-0.1, -0.05) is 99.4 Å². The molecule has 37 heavy (non-hydrogen) atoms. The van der Waals surface area contributed by atoms with Crippen LogP contribution in [0.5, 0.6) is 0 Å². The van der Waals surface area contributed by atoms with Gasteiger partial charge in [-0.3, -0.25) is 0 Å². The van der Waals surface area contributed by atoms with Crippen LogP contribution in [0, 0.1) is 10.8 Å². The first-order valence-corrected chi connectivity index (χ1v) is 14.5. The number of benzene rings is 1. The molecule has 1 atom stereocenters. The summed E-state index contributed by atoms with van der Waals surface area (Å²) in [6.45, 7) is 23.9. The van der Waals surface area contributed by atoms with Crippen molar-refractivity contribution in [2.24, 2.45) is 16.6 Å². The zero-order valence-electron chi connectivity index (χ0n) is 26.1. The zero-order chi connectivity index (χ0) is 29.1. The molecular weight excluding hydrogens is 454 g/mol. The van der Waals surface area contributed by atoms with Crippen LogP contribution in [0.25, 0.3) is 5.57 Å². The maximum Gasteiger partial charge on any atom is 0.120 e. The van der Waals surface area contributed by atoms with Crippen LogP contribution in [0.1, 0.15) is 126 Å². The Kier molecular flexibility index (Phi) is 20.0. The molecule has 0 aromatic heterocycles. The minimum absolute atomic E-state index is 0.102. The normalized spacial score (nSPS) is 15.0. The Morgan fingerprint density at radius 2 is 1.73 bits per heavy atom. The molecule has 1 aromatic rings. The molecule has 1 aliphatic carbocycles. The Morgan fingerprint density at radius 3 is 2.14 bits per heavy atom. The van der Waals surface area contributed by atoms with E-state index in [0.29, 0.717) is 23.7 Å². The van der Waals surface area contributed by atoms with Crippen molar-refractivity contribution in [2.75, 3.05) is 12.8 Å². The van der Waals surface area contributed by atoms with Gasteiger partial charge < -0.3 is 21.6 Å². The molecule has 0 radical (unpaired) electrons. The lowest BCUT2D eigenvalue weighted by atomic mass is 9.72. The topological polar surface area (TPSA) is 81.1 Å². The van der Waals surface area contributed by atoms with Crippen molar-refractivity contribution in [1.82, 2.24) is 5.32 Å². The molecule has 1 aromatic carbocycles. The molecule has 4 nitrogen and oxygen atoms in total. The monoisotopic (exact) mass is 515 g/mol. The molecule has 5 N–H and O–H groups in total. The van der Waals surface area contributed by atoms with Gasteiger partial charge in [-0.2, -0.15) is 0 Å². The summed E-state index contributed by atoms with van der Waals surface area (Å²) >= 11 is 0. The lowest BCUT2D eigenvalue weighted by Crippen LogP contribution is -2.28. The summed E-state index contributed by atoms with van der Waals surface area (Å²) in [5, 5.41) is 2.84. The van der Waals surface area contributed by atoms with Gasteiger partial charge in [0.05, 0.1) is 0 Å². The standard InChI is InChI=1S/C16H23N.C8H18.C7H14N2O.C2H6/c1-4-12-11-16(2,3)10-9-15(12)13-5-7-14(17)8-6-13;1-5-7-8(3,4)6-2;1-6(9-2)7(8)4-3-5-10;1-2/h5-8H,4,9-11,17H2,1-3H3;5-7H2,1-4H3;5,7,9H,1,3-4,8H2,2H3;1-2H3. The number of allylic oxidation sites excluding steroid dienone is 2. The number of likely N-dealkylation sites (N-methyl/N-ethyl adjacent to an activating group) is 1. The molecule has 0 fully saturated rings. The van der Waals surface area contributed by atoms with Gasteiger partial charge in [-0.25, -0.2) is 0 Å². The van der Waals surface area contributed by atoms with Gasteiger partial charge in [0.2, 0.25) is 0 Å². The summed E-state index contributed by atoms with van der Waals surface area (Å²) < 4.78 is 0. The summed E-state index contributed by atoms with van der Waals surface area (Å²) in [4.78, 5) is 9.91. The van der Waals surface area contributed by atoms with E-state index in [1.165, 1.54) is 50.5 Å². The maximum atomic E-state index is 9.91. The van der Waals surface area contributed by atoms with Crippen LogP contribution < -0.4 is 16.8 Å². The smallest absolute Gasteiger partial charge is 0.120 e. The molecule has 0 heterocycles. The van der Waals surface area contributed by atoms with Crippen LogP contribution >= 0.6 is 0 Å². The van der Waals surface area contributed by atoms with E-state index in [1.54, 1.807) is 18.2 Å². The van der Waals surface area contributed by atoms with Crippen LogP contribution in [0.2, 0.25) is 0 Å². The number of nitrogens with one attached hydrogen (secondary N) is 1. The van der Waals surface area contributed by atoms with E-state index in [1.807, 2.05) is 26.0 Å². The highest BCUT2D eigenvalue weighted by molar-refractivity contribution is 5.70. The quantitative estimate of drug-likeness (QED) is 0.214. The molecule has 0 bridgehead atoms. The van der Waals surface area contributed by atoms with Gasteiger partial charge in [0, 0.05) is 30.9 Å². The number of nitrogens with two attached hydrogens (primary N) is 2. The van der Waals surface area contributed by atoms with E-state index < -0.39 is 0 Å². The first-order valence-electron chi connectivity index (χ1n) is 14.5. The van der Waals surface area contributed by atoms with Crippen molar-refractivity contribution in [1.29, 1.82) is 0 Å². The fraction of sp³-hybridized carbons (Fsp3) is 0.667. The highest BCUT2D eigenvalue weighted by atomic mass is 16.1. The van der Waals surface area contributed by atoms with Gasteiger partial charge >= 0.3 is 0 Å². The summed E-state index contributed by atoms with van der Waals surface area (Å²) in [5.41, 5.74) is 18.6. The maximum absolute atomic E-state index is 9.91. The molecule has 214 valence electrons. The van der Waals surface area contributed by atoms with Crippen molar-refractivity contribution in [2.45, 2.75) is 126 Å². The Labute approximate surface area is 230 Å². The highest BCUT2D eigenvalue weighted by Crippen LogP contribution is 2.43. The number of hydrogen-bond donors (Lipinski definition) is 3. The van der Waals surface area contributed by atoms with Crippen molar-refractivity contribution < 1.29 is 4.79 Å². The number of hydrogen-bond acceptors (Lipinski definition) is 4. The van der Waals surface area contributed by atoms with E-state index in [4.69, 9.17) is 11.5 Å². The van der Waals surface area contributed by atoms with Crippen LogP contribution in [0.4, 0.5) is 5.69 Å². The third-order valence-electron chi connectivity index (χ3n) is 7.10. The van der Waals surface area contributed by atoms with Crippen LogP contribution in [0.15, 0.2) is 42.1 Å². The van der Waals surface area contributed by atoms with Gasteiger partial charge in [0.1, 0.15) is 6.29 Å². The third kappa shape index (κ3) is 16.4. The first-order chi connectivity index (χ1) is 17.4. The van der Waals surface area contributed by atoms with Crippen LogP contribution in [-0.4, -0.2) is 19.4 Å². The second-order valence-corrected chi connectivity index (χ2v) is 11.3. The molecule has 4 heteroatoms. The molecule has 0 amide bonds. The number of rotatable bonds is 10. The number of nitrogen functional groups attached to an aromatic ring is 1. The first kappa shape index (κ1) is 37.1. The number of anilines is 1. The molecule has 1 unspecified atom stereocenters. The Bertz CT molecular complexity index is 775. The Hall–Kier alpha value is -2.07. The van der Waals surface area contributed by atoms with Crippen LogP contribution in [-0.2, 0) is 4.79 Å².